The van der Waals surface area contributed by atoms with Crippen LogP contribution in [0.2, 0.25) is 0 Å². The van der Waals surface area contributed by atoms with E-state index in [0.717, 1.165) is 15.8 Å². The van der Waals surface area contributed by atoms with Crippen LogP contribution in [0.4, 0.5) is 0 Å². The Labute approximate surface area is 129 Å². The van der Waals surface area contributed by atoms with Gasteiger partial charge in [-0.15, -0.1) is 0 Å². The number of amides is 2. The van der Waals surface area contributed by atoms with Gasteiger partial charge in [0.25, 0.3) is 17.4 Å². The van der Waals surface area contributed by atoms with E-state index in [0.29, 0.717) is 5.39 Å². The lowest BCUT2D eigenvalue weighted by Crippen LogP contribution is -2.46. The van der Waals surface area contributed by atoms with Crippen molar-refractivity contribution in [2.24, 2.45) is 0 Å². The van der Waals surface area contributed by atoms with Crippen LogP contribution in [0, 0.1) is 0 Å². The number of carbonyl (C=O) groups excluding carboxylic acids is 2. The average molecular weight is 306 g/mol. The second-order valence-corrected chi connectivity index (χ2v) is 5.16. The van der Waals surface area contributed by atoms with Crippen molar-refractivity contribution in [2.45, 2.75) is 0 Å². The van der Waals surface area contributed by atoms with Crippen LogP contribution in [0.15, 0.2) is 59.4 Å². The third kappa shape index (κ3) is 1.72. The van der Waals surface area contributed by atoms with E-state index in [4.69, 9.17) is 0 Å². The van der Waals surface area contributed by atoms with Gasteiger partial charge in [-0.25, -0.2) is 4.68 Å². The quantitative estimate of drug-likeness (QED) is 0.693. The van der Waals surface area contributed by atoms with Gasteiger partial charge in [0.2, 0.25) is 0 Å². The minimum atomic E-state index is -0.657. The largest absolute Gasteiger partial charge is 0.507 e. The number of pyridine rings is 1. The number of carbonyl (C=O) groups is 2. The lowest BCUT2D eigenvalue weighted by molar-refractivity contribution is 0.0886. The van der Waals surface area contributed by atoms with Gasteiger partial charge in [0.1, 0.15) is 5.75 Å². The van der Waals surface area contributed by atoms with E-state index in [2.05, 4.69) is 0 Å². The van der Waals surface area contributed by atoms with Gasteiger partial charge in [-0.3, -0.25) is 14.4 Å². The molecule has 2 aromatic carbocycles. The summed E-state index contributed by atoms with van der Waals surface area (Å²) in [5.41, 5.74) is 0.130. The summed E-state index contributed by atoms with van der Waals surface area (Å²) in [6.45, 7) is 0. The summed E-state index contributed by atoms with van der Waals surface area (Å²) < 4.78 is 1.000. The lowest BCUT2D eigenvalue weighted by Gasteiger charge is -2.19. The van der Waals surface area contributed by atoms with E-state index < -0.39 is 17.4 Å². The van der Waals surface area contributed by atoms with Crippen LogP contribution in [-0.2, 0) is 0 Å². The van der Waals surface area contributed by atoms with Crippen LogP contribution >= 0.6 is 0 Å². The lowest BCUT2D eigenvalue weighted by atomic mass is 10.1. The molecule has 0 saturated carbocycles. The van der Waals surface area contributed by atoms with Crippen LogP contribution in [0.3, 0.4) is 0 Å². The molecule has 0 fully saturated rings. The molecular formula is C17H10N2O4. The number of rotatable bonds is 1. The summed E-state index contributed by atoms with van der Waals surface area (Å²) in [6.07, 6.45) is 0. The maximum Gasteiger partial charge on any atom is 0.281 e. The summed E-state index contributed by atoms with van der Waals surface area (Å²) in [5.74, 6) is -1.33. The molecule has 0 spiro atoms. The predicted molar refractivity (Wildman–Crippen MR) is 83.2 cm³/mol. The van der Waals surface area contributed by atoms with Gasteiger partial charge in [-0.2, -0.15) is 5.01 Å². The Morgan fingerprint density at radius 3 is 2.00 bits per heavy atom. The van der Waals surface area contributed by atoms with Crippen LogP contribution in [0.25, 0.3) is 10.9 Å². The molecule has 0 radical (unpaired) electrons. The zero-order valence-electron chi connectivity index (χ0n) is 11.8. The minimum absolute atomic E-state index is 0.196. The SMILES string of the molecule is O=C1c2ccccc2C(=O)N1n1c(=O)cc(O)c2ccccc21. The van der Waals surface area contributed by atoms with E-state index in [1.165, 1.54) is 0 Å². The van der Waals surface area contributed by atoms with Crippen LogP contribution in [0.5, 0.6) is 5.75 Å². The first-order valence-corrected chi connectivity index (χ1v) is 6.91. The van der Waals surface area contributed by atoms with Crippen molar-refractivity contribution in [3.05, 3.63) is 76.1 Å². The van der Waals surface area contributed by atoms with Crippen LogP contribution in [-0.4, -0.2) is 21.6 Å². The first kappa shape index (κ1) is 13.3. The highest BCUT2D eigenvalue weighted by atomic mass is 16.3. The molecule has 6 nitrogen and oxygen atoms in total. The Morgan fingerprint density at radius 2 is 1.35 bits per heavy atom. The molecule has 23 heavy (non-hydrogen) atoms. The highest BCUT2D eigenvalue weighted by Gasteiger charge is 2.38. The fourth-order valence-corrected chi connectivity index (χ4v) is 2.81. The van der Waals surface area contributed by atoms with Gasteiger partial charge in [0.05, 0.1) is 16.6 Å². The minimum Gasteiger partial charge on any atom is -0.507 e. The monoisotopic (exact) mass is 306 g/mol. The number of benzene rings is 2. The zero-order chi connectivity index (χ0) is 16.1. The molecule has 4 rings (SSSR count). The van der Waals surface area contributed by atoms with E-state index >= 15 is 0 Å². The van der Waals surface area contributed by atoms with Crippen molar-refractivity contribution >= 4 is 22.7 Å². The molecule has 1 aliphatic heterocycles. The van der Waals surface area contributed by atoms with Gasteiger partial charge in [-0.1, -0.05) is 24.3 Å². The van der Waals surface area contributed by atoms with Crippen LogP contribution < -0.4 is 10.6 Å². The number of para-hydroxylation sites is 1. The molecule has 0 aliphatic carbocycles. The average Bonchev–Trinajstić information content (AvgIpc) is 2.81. The highest BCUT2D eigenvalue weighted by molar-refractivity contribution is 6.31. The standard InChI is InChI=1S/C17H10N2O4/c20-14-9-15(21)18(13-8-4-3-7-12(13)14)19-16(22)10-5-1-2-6-11(10)17(19)23/h1-9,20H. The van der Waals surface area contributed by atoms with Crippen molar-refractivity contribution in [1.29, 1.82) is 0 Å². The molecule has 2 amide bonds. The molecular weight excluding hydrogens is 296 g/mol. The molecule has 0 bridgehead atoms. The molecule has 0 atom stereocenters. The highest BCUT2D eigenvalue weighted by Crippen LogP contribution is 2.26. The first-order valence-electron chi connectivity index (χ1n) is 6.91. The van der Waals surface area contributed by atoms with Gasteiger partial charge >= 0.3 is 0 Å². The molecule has 112 valence electrons. The second kappa shape index (κ2) is 4.54. The Hall–Kier alpha value is -3.41. The zero-order valence-corrected chi connectivity index (χ0v) is 11.8. The van der Waals surface area contributed by atoms with Crippen molar-refractivity contribution in [3.8, 4) is 5.75 Å². The number of fused-ring (bicyclic) bond motifs is 2. The molecule has 1 N–H and O–H groups in total. The molecule has 3 aromatic rings. The maximum atomic E-state index is 12.6. The van der Waals surface area contributed by atoms with Gasteiger partial charge in [0.15, 0.2) is 0 Å². The molecule has 2 heterocycles. The fourth-order valence-electron chi connectivity index (χ4n) is 2.81. The second-order valence-electron chi connectivity index (χ2n) is 5.16. The summed E-state index contributed by atoms with van der Waals surface area (Å²) >= 11 is 0. The smallest absolute Gasteiger partial charge is 0.281 e. The van der Waals surface area contributed by atoms with E-state index in [1.807, 2.05) is 0 Å². The number of hydrogen-bond acceptors (Lipinski definition) is 4. The number of aromatic nitrogens is 1. The third-order valence-electron chi connectivity index (χ3n) is 3.85. The van der Waals surface area contributed by atoms with Gasteiger partial charge in [0, 0.05) is 11.5 Å². The van der Waals surface area contributed by atoms with Crippen molar-refractivity contribution in [3.63, 3.8) is 0 Å². The molecule has 1 aromatic heterocycles. The topological polar surface area (TPSA) is 79.6 Å². The Balaban J connectivity index is 2.04. The summed E-state index contributed by atoms with van der Waals surface area (Å²) in [4.78, 5) is 37.5. The van der Waals surface area contributed by atoms with Crippen molar-refractivity contribution < 1.29 is 14.7 Å². The van der Waals surface area contributed by atoms with Crippen molar-refractivity contribution in [2.75, 3.05) is 5.01 Å². The van der Waals surface area contributed by atoms with Crippen LogP contribution in [0.1, 0.15) is 20.7 Å². The molecule has 0 unspecified atom stereocenters. The normalized spacial score (nSPS) is 13.7. The number of nitrogens with zero attached hydrogens (tertiary/aromatic N) is 2. The van der Waals surface area contributed by atoms with Crippen molar-refractivity contribution in [1.82, 2.24) is 4.68 Å². The predicted octanol–water partition coefficient (Wildman–Crippen LogP) is 1.64. The molecule has 0 saturated heterocycles. The maximum absolute atomic E-state index is 12.6. The summed E-state index contributed by atoms with van der Waals surface area (Å²) in [5, 5.41) is 11.1. The number of aromatic hydroxyl groups is 1. The molecule has 1 aliphatic rings. The van der Waals surface area contributed by atoms with Gasteiger partial charge < -0.3 is 5.11 Å². The first-order chi connectivity index (χ1) is 11.1. The van der Waals surface area contributed by atoms with E-state index in [9.17, 15) is 19.5 Å². The Kier molecular flexibility index (Phi) is 2.62. The fraction of sp³-hybridized carbons (Fsp3) is 0. The van der Waals surface area contributed by atoms with E-state index in [1.54, 1.807) is 48.5 Å². The Morgan fingerprint density at radius 1 is 0.783 bits per heavy atom. The molecule has 6 heteroatoms. The van der Waals surface area contributed by atoms with Gasteiger partial charge in [-0.05, 0) is 24.3 Å². The third-order valence-corrected chi connectivity index (χ3v) is 3.85. The van der Waals surface area contributed by atoms with E-state index in [-0.39, 0.29) is 22.4 Å². The summed E-state index contributed by atoms with van der Waals surface area (Å²) in [6, 6.07) is 13.9. The summed E-state index contributed by atoms with van der Waals surface area (Å²) in [7, 11) is 0. The number of hydrogen-bond donors (Lipinski definition) is 1. The number of imide groups is 1. The Bertz CT molecular complexity index is 1020.